The van der Waals surface area contributed by atoms with Gasteiger partial charge in [-0.15, -0.1) is 6.67 Å². The van der Waals surface area contributed by atoms with E-state index in [2.05, 4.69) is 126 Å². The molecular formula is C37H48Cl2N3O2Pd-. The van der Waals surface area contributed by atoms with Crippen LogP contribution in [-0.2, 0) is 20.7 Å². The van der Waals surface area contributed by atoms with Gasteiger partial charge in [0.25, 0.3) is 0 Å². The zero-order valence-electron chi connectivity index (χ0n) is 28.0. The summed E-state index contributed by atoms with van der Waals surface area (Å²) in [5.41, 5.74) is 9.30. The number of anilines is 2. The minimum atomic E-state index is -0.106. The van der Waals surface area contributed by atoms with Gasteiger partial charge in [-0.05, 0) is 82.6 Å². The van der Waals surface area contributed by atoms with Gasteiger partial charge in [0.2, 0.25) is 5.90 Å². The van der Waals surface area contributed by atoms with Gasteiger partial charge in [-0.1, -0.05) is 91.8 Å². The van der Waals surface area contributed by atoms with Crippen LogP contribution in [0, 0.1) is 6.67 Å². The molecule has 2 heterocycles. The summed E-state index contributed by atoms with van der Waals surface area (Å²) in [5, 5.41) is 0. The summed E-state index contributed by atoms with van der Waals surface area (Å²) in [6, 6.07) is 21.2. The van der Waals surface area contributed by atoms with Crippen molar-refractivity contribution >= 4 is 36.3 Å². The molecule has 0 saturated heterocycles. The van der Waals surface area contributed by atoms with Gasteiger partial charge in [0.05, 0.1) is 13.7 Å². The standard InChI is InChI=1S/C27H37N2.C10H11NO2.2ClH.Pd/c1-18(2)22-11-9-12-23(19(3)4)26(22)28-15-16-29(17-28)27-24(20(5)6)13-10-14-25(27)21(7)8;1-12-9-4-2-8(3-5-9)10-11-6-7-13-10;;;/h9-21H,1-8H3;2-5H,6-7H2,1H3;2*1H;/q-1;;;;+2/p-2. The van der Waals surface area contributed by atoms with Crippen LogP contribution in [0.3, 0.4) is 0 Å². The second-order valence-electron chi connectivity index (χ2n) is 12.2. The van der Waals surface area contributed by atoms with Crippen LogP contribution in [0.25, 0.3) is 0 Å². The number of nitrogens with zero attached hydrogens (tertiary/aromatic N) is 3. The Morgan fingerprint density at radius 3 is 1.42 bits per heavy atom. The minimum absolute atomic E-state index is 0.106. The molecule has 3 aromatic rings. The monoisotopic (exact) mass is 742 g/mol. The molecule has 0 bridgehead atoms. The molecule has 0 spiro atoms. The fourth-order valence-electron chi connectivity index (χ4n) is 5.48. The third kappa shape index (κ3) is 9.75. The van der Waals surface area contributed by atoms with Crippen molar-refractivity contribution in [2.75, 3.05) is 30.1 Å². The van der Waals surface area contributed by atoms with E-state index in [1.54, 1.807) is 7.11 Å². The van der Waals surface area contributed by atoms with E-state index >= 15 is 0 Å². The Hall–Kier alpha value is -2.49. The average molecular weight is 744 g/mol. The topological polar surface area (TPSA) is 37.3 Å². The maximum atomic E-state index is 5.32. The number of ether oxygens (including phenoxy) is 2. The predicted molar refractivity (Wildman–Crippen MR) is 190 cm³/mol. The normalized spacial score (nSPS) is 14.1. The van der Waals surface area contributed by atoms with Crippen LogP contribution in [0.15, 0.2) is 78.1 Å². The van der Waals surface area contributed by atoms with Gasteiger partial charge in [-0.2, -0.15) is 0 Å². The van der Waals surface area contributed by atoms with E-state index in [9.17, 15) is 0 Å². The number of halogens is 2. The number of benzene rings is 3. The van der Waals surface area contributed by atoms with Crippen molar-refractivity contribution in [3.05, 3.63) is 108 Å². The Morgan fingerprint density at radius 1 is 0.711 bits per heavy atom. The molecule has 45 heavy (non-hydrogen) atoms. The van der Waals surface area contributed by atoms with E-state index in [4.69, 9.17) is 28.5 Å². The molecule has 0 unspecified atom stereocenters. The first-order valence-electron chi connectivity index (χ1n) is 15.5. The Morgan fingerprint density at radius 2 is 1.11 bits per heavy atom. The number of aliphatic imine (C=N–C) groups is 1. The molecule has 0 fully saturated rings. The van der Waals surface area contributed by atoms with Crippen LogP contribution in [0.1, 0.15) is 107 Å². The van der Waals surface area contributed by atoms with Crippen LogP contribution in [0.2, 0.25) is 0 Å². The zero-order valence-corrected chi connectivity index (χ0v) is 31.0. The van der Waals surface area contributed by atoms with Gasteiger partial charge < -0.3 is 19.3 Å². The molecule has 0 aromatic heterocycles. The van der Waals surface area contributed by atoms with Gasteiger partial charge in [-0.25, -0.2) is 4.99 Å². The molecule has 5 nitrogen and oxygen atoms in total. The van der Waals surface area contributed by atoms with Crippen LogP contribution >= 0.6 is 19.1 Å². The van der Waals surface area contributed by atoms with Crippen LogP contribution in [0.4, 0.5) is 11.4 Å². The molecule has 8 heteroatoms. The molecule has 0 N–H and O–H groups in total. The van der Waals surface area contributed by atoms with E-state index in [0.29, 0.717) is 30.3 Å². The molecule has 0 aliphatic carbocycles. The van der Waals surface area contributed by atoms with Crippen molar-refractivity contribution in [1.29, 1.82) is 0 Å². The Kier molecular flexibility index (Phi) is 14.8. The predicted octanol–water partition coefficient (Wildman–Crippen LogP) is 10.9. The molecule has 2 aliphatic heterocycles. The zero-order chi connectivity index (χ0) is 33.1. The van der Waals surface area contributed by atoms with Gasteiger partial charge in [0.1, 0.15) is 12.4 Å². The molecule has 0 amide bonds. The number of hydrogen-bond acceptors (Lipinski definition) is 5. The molecule has 248 valence electrons. The summed E-state index contributed by atoms with van der Waals surface area (Å²) in [6.45, 7) is 22.0. The van der Waals surface area contributed by atoms with Gasteiger partial charge >= 0.3 is 35.0 Å². The van der Waals surface area contributed by atoms with E-state index in [0.717, 1.165) is 23.8 Å². The van der Waals surface area contributed by atoms with Gasteiger partial charge in [0.15, 0.2) is 0 Å². The molecule has 0 radical (unpaired) electrons. The number of hydrogen-bond donors (Lipinski definition) is 0. The van der Waals surface area contributed by atoms with Gasteiger partial charge in [-0.3, -0.25) is 0 Å². The SMILES string of the molecule is CC(C)c1cccc(C(C)C)c1N1C=CN(c2c(C(C)C)cccc2C(C)C)[CH-]1.COc1ccc(C2=NCCO2)cc1.[Cl][Pd][Cl]. The van der Waals surface area contributed by atoms with E-state index < -0.39 is 0 Å². The number of methoxy groups -OCH3 is 1. The molecule has 3 aromatic carbocycles. The fraction of sp³-hybridized carbons (Fsp3) is 0.405. The van der Waals surface area contributed by atoms with Crippen molar-refractivity contribution in [3.8, 4) is 5.75 Å². The summed E-state index contributed by atoms with van der Waals surface area (Å²) >= 11 is -0.106. The molecule has 5 rings (SSSR count). The summed E-state index contributed by atoms with van der Waals surface area (Å²) in [5.74, 6) is 3.51. The summed E-state index contributed by atoms with van der Waals surface area (Å²) in [7, 11) is 11.3. The first-order chi connectivity index (χ1) is 21.5. The second-order valence-corrected chi connectivity index (χ2v) is 14.6. The summed E-state index contributed by atoms with van der Waals surface area (Å²) in [4.78, 5) is 8.87. The summed E-state index contributed by atoms with van der Waals surface area (Å²) < 4.78 is 10.4. The van der Waals surface area contributed by atoms with Crippen LogP contribution < -0.4 is 14.5 Å². The number of para-hydroxylation sites is 2. The second kappa shape index (κ2) is 18.0. The first-order valence-corrected chi connectivity index (χ1v) is 19.5. The third-order valence-electron chi connectivity index (χ3n) is 7.76. The average Bonchev–Trinajstić information content (AvgIpc) is 3.74. The van der Waals surface area contributed by atoms with E-state index in [1.165, 1.54) is 33.6 Å². The van der Waals surface area contributed by atoms with Crippen molar-refractivity contribution in [1.82, 2.24) is 0 Å². The third-order valence-corrected chi connectivity index (χ3v) is 7.76. The van der Waals surface area contributed by atoms with Crippen molar-refractivity contribution in [2.45, 2.75) is 79.1 Å². The molecule has 0 saturated carbocycles. The molecule has 0 atom stereocenters. The fourth-order valence-corrected chi connectivity index (χ4v) is 5.48. The molecule has 2 aliphatic rings. The Bertz CT molecular complexity index is 1300. The van der Waals surface area contributed by atoms with E-state index in [-0.39, 0.29) is 15.9 Å². The quantitative estimate of drug-likeness (QED) is 0.170. The summed E-state index contributed by atoms with van der Waals surface area (Å²) in [6.07, 6.45) is 4.43. The Labute approximate surface area is 287 Å². The first kappa shape index (κ1) is 37.0. The maximum absolute atomic E-state index is 5.32. The van der Waals surface area contributed by atoms with Crippen molar-refractivity contribution < 1.29 is 25.4 Å². The van der Waals surface area contributed by atoms with Gasteiger partial charge in [0, 0.05) is 16.9 Å². The van der Waals surface area contributed by atoms with Crippen molar-refractivity contribution in [2.24, 2.45) is 4.99 Å². The molecular weight excluding hydrogens is 696 g/mol. The van der Waals surface area contributed by atoms with Crippen molar-refractivity contribution in [3.63, 3.8) is 0 Å². The van der Waals surface area contributed by atoms with Crippen LogP contribution in [-0.4, -0.2) is 26.2 Å². The Balaban J connectivity index is 0.000000285. The number of rotatable bonds is 8. The van der Waals surface area contributed by atoms with Crippen LogP contribution in [0.5, 0.6) is 5.75 Å². The van der Waals surface area contributed by atoms with E-state index in [1.807, 2.05) is 24.3 Å².